The Kier molecular flexibility index (Phi) is 11.9. The lowest BCUT2D eigenvalue weighted by Gasteiger charge is -2.26. The first-order valence-electron chi connectivity index (χ1n) is 10.9. The number of benzene rings is 1. The molecule has 0 saturated carbocycles. The van der Waals surface area contributed by atoms with E-state index in [0.717, 1.165) is 52.4 Å². The molecule has 2 saturated heterocycles. The average Bonchev–Trinajstić information content (AvgIpc) is 3.00. The number of likely N-dealkylation sites (tertiary alicyclic amines) is 1. The van der Waals surface area contributed by atoms with E-state index in [4.69, 9.17) is 10.5 Å². The Morgan fingerprint density at radius 3 is 2.38 bits per heavy atom. The maximum absolute atomic E-state index is 6.09. The van der Waals surface area contributed by atoms with Crippen molar-refractivity contribution < 1.29 is 4.74 Å². The van der Waals surface area contributed by atoms with E-state index in [0.29, 0.717) is 12.5 Å². The Hall–Kier alpha value is -0.900. The first-order valence-corrected chi connectivity index (χ1v) is 10.9. The van der Waals surface area contributed by atoms with Gasteiger partial charge in [-0.25, -0.2) is 4.99 Å². The first kappa shape index (κ1) is 24.4. The van der Waals surface area contributed by atoms with Gasteiger partial charge in [-0.3, -0.25) is 9.80 Å². The van der Waals surface area contributed by atoms with Crippen LogP contribution in [-0.4, -0.2) is 68.2 Å². The minimum Gasteiger partial charge on any atom is -0.379 e. The Morgan fingerprint density at radius 2 is 1.66 bits per heavy atom. The number of nitrogens with one attached hydrogen (secondary N) is 1. The second-order valence-electron chi connectivity index (χ2n) is 7.89. The lowest BCUT2D eigenvalue weighted by Crippen LogP contribution is -2.39. The number of ether oxygens (including phenoxy) is 1. The highest BCUT2D eigenvalue weighted by Gasteiger charge is 2.12. The fourth-order valence-electron chi connectivity index (χ4n) is 3.97. The molecule has 3 N–H and O–H groups in total. The van der Waals surface area contributed by atoms with E-state index < -0.39 is 0 Å². The molecule has 3 rings (SSSR count). The number of guanidine groups is 1. The topological polar surface area (TPSA) is 66.1 Å². The molecule has 1 aromatic carbocycles. The number of hydrogen-bond acceptors (Lipinski definition) is 4. The molecular formula is C22H38IN5O. The zero-order valence-electron chi connectivity index (χ0n) is 17.7. The molecule has 0 spiro atoms. The number of morpholine rings is 1. The van der Waals surface area contributed by atoms with Gasteiger partial charge in [-0.05, 0) is 50.0 Å². The van der Waals surface area contributed by atoms with Crippen molar-refractivity contribution in [2.75, 3.05) is 52.5 Å². The fourth-order valence-corrected chi connectivity index (χ4v) is 3.97. The van der Waals surface area contributed by atoms with Crippen LogP contribution in [0.5, 0.6) is 0 Å². The zero-order valence-corrected chi connectivity index (χ0v) is 20.0. The van der Waals surface area contributed by atoms with Crippen molar-refractivity contribution in [1.82, 2.24) is 15.1 Å². The smallest absolute Gasteiger partial charge is 0.188 e. The Bertz CT molecular complexity index is 599. The SMILES string of the molecule is I.NC(=NCc1ccccc1CN1CCCCCC1)NCCCN1CCOCC1. The van der Waals surface area contributed by atoms with Crippen LogP contribution in [0.4, 0.5) is 0 Å². The van der Waals surface area contributed by atoms with Gasteiger partial charge in [-0.2, -0.15) is 0 Å². The monoisotopic (exact) mass is 515 g/mol. The summed E-state index contributed by atoms with van der Waals surface area (Å²) in [5.41, 5.74) is 8.76. The predicted molar refractivity (Wildman–Crippen MR) is 131 cm³/mol. The molecule has 2 heterocycles. The minimum atomic E-state index is 0. The molecule has 29 heavy (non-hydrogen) atoms. The van der Waals surface area contributed by atoms with Gasteiger partial charge in [0.1, 0.15) is 0 Å². The van der Waals surface area contributed by atoms with Crippen molar-refractivity contribution in [3.8, 4) is 0 Å². The summed E-state index contributed by atoms with van der Waals surface area (Å²) < 4.78 is 5.38. The van der Waals surface area contributed by atoms with Gasteiger partial charge in [0.05, 0.1) is 19.8 Å². The van der Waals surface area contributed by atoms with Crippen LogP contribution in [0.25, 0.3) is 0 Å². The third-order valence-electron chi connectivity index (χ3n) is 5.69. The van der Waals surface area contributed by atoms with Crippen molar-refractivity contribution in [3.63, 3.8) is 0 Å². The lowest BCUT2D eigenvalue weighted by molar-refractivity contribution is 0.0376. The lowest BCUT2D eigenvalue weighted by atomic mass is 10.1. The summed E-state index contributed by atoms with van der Waals surface area (Å²) in [5, 5.41) is 3.26. The van der Waals surface area contributed by atoms with Gasteiger partial charge in [-0.1, -0.05) is 37.1 Å². The standard InChI is InChI=1S/C22H37N5O.HI/c23-22(24-10-7-13-26-14-16-28-17-15-26)25-18-20-8-3-4-9-21(20)19-27-11-5-1-2-6-12-27;/h3-4,8-9H,1-2,5-7,10-19H2,(H3,23,24,25);1H. The summed E-state index contributed by atoms with van der Waals surface area (Å²) >= 11 is 0. The second kappa shape index (κ2) is 14.2. The van der Waals surface area contributed by atoms with Crippen LogP contribution >= 0.6 is 24.0 Å². The maximum atomic E-state index is 6.09. The van der Waals surface area contributed by atoms with Crippen LogP contribution < -0.4 is 11.1 Å². The molecule has 0 aromatic heterocycles. The molecular weight excluding hydrogens is 477 g/mol. The number of nitrogens with zero attached hydrogens (tertiary/aromatic N) is 3. The molecule has 7 heteroatoms. The third-order valence-corrected chi connectivity index (χ3v) is 5.69. The van der Waals surface area contributed by atoms with Gasteiger partial charge < -0.3 is 15.8 Å². The van der Waals surface area contributed by atoms with Gasteiger partial charge in [0, 0.05) is 26.2 Å². The number of aliphatic imine (C=N–C) groups is 1. The number of halogens is 1. The highest BCUT2D eigenvalue weighted by atomic mass is 127. The molecule has 0 radical (unpaired) electrons. The largest absolute Gasteiger partial charge is 0.379 e. The average molecular weight is 515 g/mol. The molecule has 164 valence electrons. The number of nitrogens with two attached hydrogens (primary N) is 1. The Morgan fingerprint density at radius 1 is 0.966 bits per heavy atom. The number of rotatable bonds is 8. The first-order chi connectivity index (χ1) is 13.8. The summed E-state index contributed by atoms with van der Waals surface area (Å²) in [5.74, 6) is 0.548. The van der Waals surface area contributed by atoms with E-state index in [1.165, 1.54) is 49.9 Å². The van der Waals surface area contributed by atoms with Gasteiger partial charge >= 0.3 is 0 Å². The molecule has 0 atom stereocenters. The second-order valence-corrected chi connectivity index (χ2v) is 7.89. The highest BCUT2D eigenvalue weighted by Crippen LogP contribution is 2.16. The van der Waals surface area contributed by atoms with E-state index in [1.54, 1.807) is 0 Å². The Labute approximate surface area is 193 Å². The molecule has 0 unspecified atom stereocenters. The van der Waals surface area contributed by atoms with E-state index in [9.17, 15) is 0 Å². The van der Waals surface area contributed by atoms with E-state index in [2.05, 4.69) is 44.4 Å². The number of hydrogen-bond donors (Lipinski definition) is 2. The molecule has 0 amide bonds. The molecule has 2 aliphatic rings. The summed E-state index contributed by atoms with van der Waals surface area (Å²) in [6.07, 6.45) is 6.46. The quantitative estimate of drug-likeness (QED) is 0.241. The van der Waals surface area contributed by atoms with Crippen LogP contribution in [0.15, 0.2) is 29.3 Å². The van der Waals surface area contributed by atoms with Crippen LogP contribution in [0.2, 0.25) is 0 Å². The van der Waals surface area contributed by atoms with Gasteiger partial charge in [0.25, 0.3) is 0 Å². The molecule has 6 nitrogen and oxygen atoms in total. The van der Waals surface area contributed by atoms with E-state index in [-0.39, 0.29) is 24.0 Å². The van der Waals surface area contributed by atoms with Crippen molar-refractivity contribution in [2.24, 2.45) is 10.7 Å². The molecule has 2 aliphatic heterocycles. The normalized spacial score (nSPS) is 19.4. The van der Waals surface area contributed by atoms with Crippen LogP contribution in [0.3, 0.4) is 0 Å². The summed E-state index contributed by atoms with van der Waals surface area (Å²) in [6.45, 7) is 9.83. The van der Waals surface area contributed by atoms with Gasteiger partial charge in [-0.15, -0.1) is 24.0 Å². The van der Waals surface area contributed by atoms with Crippen molar-refractivity contribution in [2.45, 2.75) is 45.2 Å². The van der Waals surface area contributed by atoms with E-state index >= 15 is 0 Å². The fraction of sp³-hybridized carbons (Fsp3) is 0.682. The molecule has 0 bridgehead atoms. The molecule has 0 aliphatic carbocycles. The van der Waals surface area contributed by atoms with Crippen molar-refractivity contribution >= 4 is 29.9 Å². The van der Waals surface area contributed by atoms with E-state index in [1.807, 2.05) is 0 Å². The molecule has 2 fully saturated rings. The summed E-state index contributed by atoms with van der Waals surface area (Å²) in [4.78, 5) is 9.61. The third kappa shape index (κ3) is 9.19. The van der Waals surface area contributed by atoms with Crippen LogP contribution in [0.1, 0.15) is 43.2 Å². The zero-order chi connectivity index (χ0) is 19.4. The summed E-state index contributed by atoms with van der Waals surface area (Å²) in [6, 6.07) is 8.65. The van der Waals surface area contributed by atoms with Crippen molar-refractivity contribution in [1.29, 1.82) is 0 Å². The van der Waals surface area contributed by atoms with Crippen molar-refractivity contribution in [3.05, 3.63) is 35.4 Å². The molecule has 1 aromatic rings. The minimum absolute atomic E-state index is 0. The maximum Gasteiger partial charge on any atom is 0.188 e. The summed E-state index contributed by atoms with van der Waals surface area (Å²) in [7, 11) is 0. The predicted octanol–water partition coefficient (Wildman–Crippen LogP) is 2.81. The highest BCUT2D eigenvalue weighted by molar-refractivity contribution is 14.0. The van der Waals surface area contributed by atoms with Gasteiger partial charge in [0.2, 0.25) is 0 Å². The Balaban J connectivity index is 0.00000300. The van der Waals surface area contributed by atoms with Gasteiger partial charge in [0.15, 0.2) is 5.96 Å². The van der Waals surface area contributed by atoms with Crippen LogP contribution in [-0.2, 0) is 17.8 Å². The van der Waals surface area contributed by atoms with Crippen LogP contribution in [0, 0.1) is 0 Å².